The summed E-state index contributed by atoms with van der Waals surface area (Å²) in [5.74, 6) is 0.352. The van der Waals surface area contributed by atoms with Crippen LogP contribution >= 0.6 is 0 Å². The number of hydrogen-bond acceptors (Lipinski definition) is 3. The first-order valence-corrected chi connectivity index (χ1v) is 6.79. The first kappa shape index (κ1) is 13.7. The molecule has 19 heavy (non-hydrogen) atoms. The van der Waals surface area contributed by atoms with E-state index >= 15 is 0 Å². The number of carbonyl (C=O) groups is 2. The van der Waals surface area contributed by atoms with Gasteiger partial charge in [0.25, 0.3) is 0 Å². The summed E-state index contributed by atoms with van der Waals surface area (Å²) in [7, 11) is 0. The fourth-order valence-electron chi connectivity index (χ4n) is 2.30. The predicted molar refractivity (Wildman–Crippen MR) is 74.1 cm³/mol. The number of ketones is 1. The van der Waals surface area contributed by atoms with Crippen molar-refractivity contribution in [3.8, 4) is 0 Å². The maximum Gasteiger partial charge on any atom is 0.222 e. The lowest BCUT2D eigenvalue weighted by molar-refractivity contribution is -0.132. The Morgan fingerprint density at radius 3 is 2.26 bits per heavy atom. The summed E-state index contributed by atoms with van der Waals surface area (Å²) in [5.41, 5.74) is 0.759. The lowest BCUT2D eigenvalue weighted by atomic mass is 10.1. The highest BCUT2D eigenvalue weighted by molar-refractivity contribution is 5.97. The Bertz CT molecular complexity index is 437. The van der Waals surface area contributed by atoms with Crippen LogP contribution in [0.1, 0.15) is 23.7 Å². The minimum atomic E-state index is 0.149. The van der Waals surface area contributed by atoms with Crippen LogP contribution in [0.4, 0.5) is 0 Å². The molecule has 2 rings (SSSR count). The smallest absolute Gasteiger partial charge is 0.222 e. The lowest BCUT2D eigenvalue weighted by Gasteiger charge is -2.34. The topological polar surface area (TPSA) is 40.6 Å². The number of piperazine rings is 1. The number of benzene rings is 1. The summed E-state index contributed by atoms with van der Waals surface area (Å²) in [6, 6.07) is 9.36. The lowest BCUT2D eigenvalue weighted by Crippen LogP contribution is -2.49. The molecular formula is C15H20N2O2. The van der Waals surface area contributed by atoms with Crippen molar-refractivity contribution in [1.82, 2.24) is 9.80 Å². The molecule has 4 heteroatoms. The van der Waals surface area contributed by atoms with Crippen LogP contribution < -0.4 is 0 Å². The fourth-order valence-corrected chi connectivity index (χ4v) is 2.30. The SMILES string of the molecule is CCC(=O)N1CCN(CC(=O)c2ccccc2)CC1. The van der Waals surface area contributed by atoms with Gasteiger partial charge >= 0.3 is 0 Å². The summed E-state index contributed by atoms with van der Waals surface area (Å²) < 4.78 is 0. The number of Topliss-reactive ketones (excluding diaryl/α,β-unsaturated/α-hetero) is 1. The first-order valence-electron chi connectivity index (χ1n) is 6.79. The first-order chi connectivity index (χ1) is 9.20. The van der Waals surface area contributed by atoms with Crippen molar-refractivity contribution in [2.75, 3.05) is 32.7 Å². The Labute approximate surface area is 114 Å². The molecular weight excluding hydrogens is 240 g/mol. The van der Waals surface area contributed by atoms with Crippen LogP contribution in [0.5, 0.6) is 0 Å². The standard InChI is InChI=1S/C15H20N2O2/c1-2-15(19)17-10-8-16(9-11-17)12-14(18)13-6-4-3-5-7-13/h3-7H,2,8-12H2,1H3. The number of carbonyl (C=O) groups excluding carboxylic acids is 2. The van der Waals surface area contributed by atoms with E-state index in [2.05, 4.69) is 4.90 Å². The van der Waals surface area contributed by atoms with E-state index in [1.165, 1.54) is 0 Å². The zero-order valence-electron chi connectivity index (χ0n) is 11.3. The molecule has 0 saturated carbocycles. The van der Waals surface area contributed by atoms with Gasteiger partial charge in [0.15, 0.2) is 5.78 Å². The summed E-state index contributed by atoms with van der Waals surface area (Å²) in [5, 5.41) is 0. The average Bonchev–Trinajstić information content (AvgIpc) is 2.48. The van der Waals surface area contributed by atoms with E-state index in [0.29, 0.717) is 13.0 Å². The van der Waals surface area contributed by atoms with E-state index in [1.54, 1.807) is 0 Å². The number of amides is 1. The molecule has 0 aliphatic carbocycles. The van der Waals surface area contributed by atoms with Gasteiger partial charge in [-0.25, -0.2) is 0 Å². The highest BCUT2D eigenvalue weighted by atomic mass is 16.2. The molecule has 0 N–H and O–H groups in total. The van der Waals surface area contributed by atoms with E-state index in [-0.39, 0.29) is 11.7 Å². The second-order valence-electron chi connectivity index (χ2n) is 4.80. The van der Waals surface area contributed by atoms with Crippen LogP contribution in [0.25, 0.3) is 0 Å². The van der Waals surface area contributed by atoms with E-state index < -0.39 is 0 Å². The Hall–Kier alpha value is -1.68. The van der Waals surface area contributed by atoms with Crippen molar-refractivity contribution in [3.63, 3.8) is 0 Å². The average molecular weight is 260 g/mol. The Kier molecular flexibility index (Phi) is 4.68. The van der Waals surface area contributed by atoms with Gasteiger partial charge in [-0.1, -0.05) is 37.3 Å². The third-order valence-electron chi connectivity index (χ3n) is 3.49. The van der Waals surface area contributed by atoms with Gasteiger partial charge in [-0.2, -0.15) is 0 Å². The quantitative estimate of drug-likeness (QED) is 0.769. The van der Waals surface area contributed by atoms with Gasteiger partial charge in [-0.3, -0.25) is 14.5 Å². The van der Waals surface area contributed by atoms with Crippen LogP contribution in [0.15, 0.2) is 30.3 Å². The molecule has 1 aromatic carbocycles. The molecule has 1 heterocycles. The molecule has 0 spiro atoms. The summed E-state index contributed by atoms with van der Waals surface area (Å²) in [4.78, 5) is 27.6. The molecule has 0 unspecified atom stereocenters. The third kappa shape index (κ3) is 3.64. The zero-order chi connectivity index (χ0) is 13.7. The monoisotopic (exact) mass is 260 g/mol. The van der Waals surface area contributed by atoms with Crippen LogP contribution in [-0.2, 0) is 4.79 Å². The molecule has 0 aromatic heterocycles. The van der Waals surface area contributed by atoms with Crippen molar-refractivity contribution in [3.05, 3.63) is 35.9 Å². The second kappa shape index (κ2) is 6.48. The highest BCUT2D eigenvalue weighted by Gasteiger charge is 2.21. The molecule has 4 nitrogen and oxygen atoms in total. The van der Waals surface area contributed by atoms with Gasteiger partial charge < -0.3 is 4.90 Å². The molecule has 1 aliphatic rings. The number of rotatable bonds is 4. The van der Waals surface area contributed by atoms with E-state index in [0.717, 1.165) is 31.7 Å². The van der Waals surface area contributed by atoms with Crippen molar-refractivity contribution in [1.29, 1.82) is 0 Å². The Balaban J connectivity index is 1.83. The van der Waals surface area contributed by atoms with Gasteiger partial charge in [0.1, 0.15) is 0 Å². The molecule has 1 amide bonds. The second-order valence-corrected chi connectivity index (χ2v) is 4.80. The fraction of sp³-hybridized carbons (Fsp3) is 0.467. The van der Waals surface area contributed by atoms with Crippen molar-refractivity contribution in [2.45, 2.75) is 13.3 Å². The van der Waals surface area contributed by atoms with Crippen molar-refractivity contribution in [2.24, 2.45) is 0 Å². The highest BCUT2D eigenvalue weighted by Crippen LogP contribution is 2.06. The van der Waals surface area contributed by atoms with Gasteiger partial charge in [-0.05, 0) is 0 Å². The molecule has 0 atom stereocenters. The molecule has 0 radical (unpaired) electrons. The van der Waals surface area contributed by atoms with Gasteiger partial charge in [0.2, 0.25) is 5.91 Å². The third-order valence-corrected chi connectivity index (χ3v) is 3.49. The summed E-state index contributed by atoms with van der Waals surface area (Å²) >= 11 is 0. The van der Waals surface area contributed by atoms with Crippen LogP contribution in [0.2, 0.25) is 0 Å². The van der Waals surface area contributed by atoms with Crippen LogP contribution in [0.3, 0.4) is 0 Å². The van der Waals surface area contributed by atoms with Gasteiger partial charge in [-0.15, -0.1) is 0 Å². The Morgan fingerprint density at radius 2 is 1.68 bits per heavy atom. The Morgan fingerprint density at radius 1 is 1.05 bits per heavy atom. The van der Waals surface area contributed by atoms with Crippen molar-refractivity contribution >= 4 is 11.7 Å². The van der Waals surface area contributed by atoms with Crippen molar-refractivity contribution < 1.29 is 9.59 Å². The maximum atomic E-state index is 12.1. The molecule has 1 aliphatic heterocycles. The molecule has 1 fully saturated rings. The number of hydrogen-bond donors (Lipinski definition) is 0. The minimum absolute atomic E-state index is 0.149. The summed E-state index contributed by atoms with van der Waals surface area (Å²) in [6.07, 6.45) is 0.558. The zero-order valence-corrected chi connectivity index (χ0v) is 11.3. The van der Waals surface area contributed by atoms with Crippen LogP contribution in [0, 0.1) is 0 Å². The minimum Gasteiger partial charge on any atom is -0.340 e. The van der Waals surface area contributed by atoms with Crippen LogP contribution in [-0.4, -0.2) is 54.2 Å². The largest absolute Gasteiger partial charge is 0.340 e. The number of nitrogens with zero attached hydrogens (tertiary/aromatic N) is 2. The van der Waals surface area contributed by atoms with E-state index in [9.17, 15) is 9.59 Å². The summed E-state index contributed by atoms with van der Waals surface area (Å²) in [6.45, 7) is 5.35. The normalized spacial score (nSPS) is 16.4. The molecule has 1 saturated heterocycles. The predicted octanol–water partition coefficient (Wildman–Crippen LogP) is 1.42. The van der Waals surface area contributed by atoms with E-state index in [4.69, 9.17) is 0 Å². The molecule has 102 valence electrons. The van der Waals surface area contributed by atoms with Gasteiger partial charge in [0.05, 0.1) is 6.54 Å². The molecule has 0 bridgehead atoms. The van der Waals surface area contributed by atoms with E-state index in [1.807, 2.05) is 42.2 Å². The maximum absolute atomic E-state index is 12.1. The molecule has 1 aromatic rings. The van der Waals surface area contributed by atoms with Gasteiger partial charge in [0, 0.05) is 38.2 Å².